The largest absolute Gasteiger partial charge is 0.334 e. The lowest BCUT2D eigenvalue weighted by atomic mass is 10.1. The van der Waals surface area contributed by atoms with Crippen LogP contribution in [0.2, 0.25) is 0 Å². The zero-order chi connectivity index (χ0) is 18.3. The number of carbonyl (C=O) groups is 1. The Hall–Kier alpha value is -2.28. The fraction of sp³-hybridized carbons (Fsp3) is 0.474. The van der Waals surface area contributed by atoms with Crippen LogP contribution in [-0.4, -0.2) is 44.1 Å². The minimum atomic E-state index is -0.607. The van der Waals surface area contributed by atoms with E-state index in [2.05, 4.69) is 10.00 Å². The van der Waals surface area contributed by atoms with Crippen molar-refractivity contribution in [1.29, 1.82) is 0 Å². The van der Waals surface area contributed by atoms with Crippen LogP contribution in [0.3, 0.4) is 0 Å². The highest BCUT2D eigenvalue weighted by Crippen LogP contribution is 2.34. The van der Waals surface area contributed by atoms with Gasteiger partial charge in [0, 0.05) is 62.5 Å². The van der Waals surface area contributed by atoms with Crippen molar-refractivity contribution < 1.29 is 13.6 Å². The predicted octanol–water partition coefficient (Wildman–Crippen LogP) is 2.56. The Kier molecular flexibility index (Phi) is 4.48. The summed E-state index contributed by atoms with van der Waals surface area (Å²) in [4.78, 5) is 16.6. The molecule has 2 aliphatic heterocycles. The highest BCUT2D eigenvalue weighted by molar-refractivity contribution is 5.80. The van der Waals surface area contributed by atoms with Gasteiger partial charge in [-0.25, -0.2) is 8.78 Å². The standard InChI is InChI=1S/C19H22F2N4O/c1-2-24-11-14(9-22-24)10-23-4-3-17-18(23)8-19(26)25(17)12-13-5-15(20)7-16(21)6-13/h5-7,9,11,17-18H,2-4,8,10,12H2,1H3/t17-,18-/m0/s1. The average Bonchev–Trinajstić information content (AvgIpc) is 3.26. The number of benzene rings is 1. The molecule has 0 spiro atoms. The number of aromatic nitrogens is 2. The minimum Gasteiger partial charge on any atom is -0.334 e. The van der Waals surface area contributed by atoms with Crippen molar-refractivity contribution in [3.05, 3.63) is 53.4 Å². The molecule has 0 aliphatic carbocycles. The molecule has 4 rings (SSSR count). The molecule has 1 aromatic carbocycles. The summed E-state index contributed by atoms with van der Waals surface area (Å²) in [6.07, 6.45) is 5.26. The topological polar surface area (TPSA) is 41.4 Å². The van der Waals surface area contributed by atoms with E-state index in [0.717, 1.165) is 37.7 Å². The monoisotopic (exact) mass is 360 g/mol. The molecule has 2 atom stereocenters. The van der Waals surface area contributed by atoms with Gasteiger partial charge in [-0.3, -0.25) is 14.4 Å². The third-order valence-corrected chi connectivity index (χ3v) is 5.40. The van der Waals surface area contributed by atoms with E-state index in [4.69, 9.17) is 0 Å². The third-order valence-electron chi connectivity index (χ3n) is 5.40. The van der Waals surface area contributed by atoms with Gasteiger partial charge in [-0.2, -0.15) is 5.10 Å². The molecule has 2 aliphatic rings. The Morgan fingerprint density at radius 3 is 2.58 bits per heavy atom. The molecule has 26 heavy (non-hydrogen) atoms. The highest BCUT2D eigenvalue weighted by Gasteiger charge is 2.46. The lowest BCUT2D eigenvalue weighted by molar-refractivity contribution is -0.129. The summed E-state index contributed by atoms with van der Waals surface area (Å²) in [5.41, 5.74) is 1.64. The summed E-state index contributed by atoms with van der Waals surface area (Å²) in [6.45, 7) is 4.83. The summed E-state index contributed by atoms with van der Waals surface area (Å²) in [5, 5.41) is 4.31. The van der Waals surface area contributed by atoms with E-state index in [1.165, 1.54) is 12.1 Å². The van der Waals surface area contributed by atoms with E-state index in [9.17, 15) is 13.6 Å². The lowest BCUT2D eigenvalue weighted by Gasteiger charge is -2.25. The molecule has 1 amide bonds. The van der Waals surface area contributed by atoms with Crippen LogP contribution in [0.25, 0.3) is 0 Å². The normalized spacial score (nSPS) is 23.0. The second kappa shape index (κ2) is 6.79. The van der Waals surface area contributed by atoms with E-state index >= 15 is 0 Å². The number of fused-ring (bicyclic) bond motifs is 1. The molecule has 138 valence electrons. The maximum absolute atomic E-state index is 13.4. The number of hydrogen-bond acceptors (Lipinski definition) is 3. The smallest absolute Gasteiger partial charge is 0.224 e. The van der Waals surface area contributed by atoms with Gasteiger partial charge in [-0.1, -0.05) is 0 Å². The van der Waals surface area contributed by atoms with Crippen molar-refractivity contribution in [2.24, 2.45) is 0 Å². The SMILES string of the molecule is CCn1cc(CN2CC[C@H]3[C@@H]2CC(=O)N3Cc2cc(F)cc(F)c2)cn1. The van der Waals surface area contributed by atoms with Crippen LogP contribution in [0.5, 0.6) is 0 Å². The van der Waals surface area contributed by atoms with Gasteiger partial charge in [0.15, 0.2) is 0 Å². The van der Waals surface area contributed by atoms with Crippen molar-refractivity contribution in [1.82, 2.24) is 19.6 Å². The van der Waals surface area contributed by atoms with E-state index in [-0.39, 0.29) is 24.5 Å². The summed E-state index contributed by atoms with van der Waals surface area (Å²) in [7, 11) is 0. The first-order valence-corrected chi connectivity index (χ1v) is 9.03. The Morgan fingerprint density at radius 2 is 1.88 bits per heavy atom. The molecule has 0 unspecified atom stereocenters. The van der Waals surface area contributed by atoms with Gasteiger partial charge < -0.3 is 4.90 Å². The molecule has 2 fully saturated rings. The first-order chi connectivity index (χ1) is 12.5. The van der Waals surface area contributed by atoms with Crippen molar-refractivity contribution in [3.8, 4) is 0 Å². The molecule has 7 heteroatoms. The van der Waals surface area contributed by atoms with Crippen molar-refractivity contribution >= 4 is 5.91 Å². The van der Waals surface area contributed by atoms with Crippen LogP contribution in [0, 0.1) is 11.6 Å². The van der Waals surface area contributed by atoms with Crippen molar-refractivity contribution in [2.45, 2.75) is 51.5 Å². The van der Waals surface area contributed by atoms with E-state index < -0.39 is 11.6 Å². The van der Waals surface area contributed by atoms with Crippen LogP contribution < -0.4 is 0 Å². The highest BCUT2D eigenvalue weighted by atomic mass is 19.1. The molecule has 0 bridgehead atoms. The second-order valence-corrected chi connectivity index (χ2v) is 7.10. The van der Waals surface area contributed by atoms with Gasteiger partial charge in [0.2, 0.25) is 5.91 Å². The predicted molar refractivity (Wildman–Crippen MR) is 92.0 cm³/mol. The van der Waals surface area contributed by atoms with Crippen LogP contribution in [0.1, 0.15) is 30.9 Å². The molecular formula is C19H22F2N4O. The Balaban J connectivity index is 1.46. The quantitative estimate of drug-likeness (QED) is 0.823. The first-order valence-electron chi connectivity index (χ1n) is 9.03. The van der Waals surface area contributed by atoms with E-state index in [1.807, 2.05) is 24.0 Å². The number of rotatable bonds is 5. The fourth-order valence-electron chi connectivity index (χ4n) is 4.21. The number of amides is 1. The van der Waals surface area contributed by atoms with Crippen LogP contribution in [-0.2, 0) is 24.4 Å². The zero-order valence-corrected chi connectivity index (χ0v) is 14.7. The summed E-state index contributed by atoms with van der Waals surface area (Å²) < 4.78 is 28.8. The van der Waals surface area contributed by atoms with Gasteiger partial charge >= 0.3 is 0 Å². The van der Waals surface area contributed by atoms with Crippen molar-refractivity contribution in [3.63, 3.8) is 0 Å². The maximum Gasteiger partial charge on any atom is 0.224 e. The fourth-order valence-corrected chi connectivity index (χ4v) is 4.21. The summed E-state index contributed by atoms with van der Waals surface area (Å²) in [6, 6.07) is 3.72. The Morgan fingerprint density at radius 1 is 1.12 bits per heavy atom. The third kappa shape index (κ3) is 3.23. The Bertz CT molecular complexity index is 801. The molecule has 2 aromatic rings. The number of hydrogen-bond donors (Lipinski definition) is 0. The lowest BCUT2D eigenvalue weighted by Crippen LogP contribution is -2.36. The molecule has 0 radical (unpaired) electrons. The molecular weight excluding hydrogens is 338 g/mol. The molecule has 0 N–H and O–H groups in total. The van der Waals surface area contributed by atoms with Gasteiger partial charge in [0.1, 0.15) is 11.6 Å². The Labute approximate surface area is 151 Å². The van der Waals surface area contributed by atoms with Gasteiger partial charge in [-0.15, -0.1) is 0 Å². The number of nitrogens with zero attached hydrogens (tertiary/aromatic N) is 4. The van der Waals surface area contributed by atoms with E-state index in [1.54, 1.807) is 4.90 Å². The van der Waals surface area contributed by atoms with Crippen LogP contribution in [0.4, 0.5) is 8.78 Å². The minimum absolute atomic E-state index is 0.0543. The summed E-state index contributed by atoms with van der Waals surface area (Å²) >= 11 is 0. The molecule has 2 saturated heterocycles. The number of aryl methyl sites for hydroxylation is 1. The van der Waals surface area contributed by atoms with Gasteiger partial charge in [0.05, 0.1) is 6.20 Å². The number of likely N-dealkylation sites (tertiary alicyclic amines) is 2. The zero-order valence-electron chi connectivity index (χ0n) is 14.7. The summed E-state index contributed by atoms with van der Waals surface area (Å²) in [5.74, 6) is -1.16. The number of carbonyl (C=O) groups excluding carboxylic acids is 1. The maximum atomic E-state index is 13.4. The number of halogens is 2. The average molecular weight is 360 g/mol. The second-order valence-electron chi connectivity index (χ2n) is 7.10. The molecule has 0 saturated carbocycles. The van der Waals surface area contributed by atoms with Crippen molar-refractivity contribution in [2.75, 3.05) is 6.54 Å². The molecule has 5 nitrogen and oxygen atoms in total. The molecule has 1 aromatic heterocycles. The molecule has 3 heterocycles. The van der Waals surface area contributed by atoms with Crippen LogP contribution in [0.15, 0.2) is 30.6 Å². The van der Waals surface area contributed by atoms with Gasteiger partial charge in [0.25, 0.3) is 0 Å². The van der Waals surface area contributed by atoms with Crippen LogP contribution >= 0.6 is 0 Å². The van der Waals surface area contributed by atoms with E-state index in [0.29, 0.717) is 12.0 Å². The first kappa shape index (κ1) is 17.1. The van der Waals surface area contributed by atoms with Gasteiger partial charge in [-0.05, 0) is 31.0 Å².